The summed E-state index contributed by atoms with van der Waals surface area (Å²) >= 11 is 0. The summed E-state index contributed by atoms with van der Waals surface area (Å²) in [5.41, 5.74) is 3.60. The molecule has 0 saturated heterocycles. The molecule has 0 aliphatic rings. The molecule has 0 saturated carbocycles. The van der Waals surface area contributed by atoms with Gasteiger partial charge in [-0.15, -0.1) is 0 Å². The molecular formula is C19H22N6O. The average molecular weight is 350 g/mol. The molecule has 0 spiro atoms. The third-order valence-corrected chi connectivity index (χ3v) is 3.80. The topological polar surface area (TPSA) is 94.7 Å². The van der Waals surface area contributed by atoms with E-state index in [1.807, 2.05) is 42.5 Å². The minimum absolute atomic E-state index is 0.338. The number of nitrogens with one attached hydrogen (secondary N) is 4. The zero-order valence-electron chi connectivity index (χ0n) is 14.6. The molecule has 3 aromatic rings. The van der Waals surface area contributed by atoms with Crippen LogP contribution in [0.2, 0.25) is 0 Å². The van der Waals surface area contributed by atoms with Crippen LogP contribution in [-0.4, -0.2) is 27.8 Å². The number of anilines is 3. The van der Waals surface area contributed by atoms with Crippen molar-refractivity contribution in [2.45, 2.75) is 19.8 Å². The van der Waals surface area contributed by atoms with Crippen LogP contribution >= 0.6 is 0 Å². The third kappa shape index (κ3) is 4.60. The molecule has 2 aromatic heterocycles. The Morgan fingerprint density at radius 3 is 2.62 bits per heavy atom. The van der Waals surface area contributed by atoms with Crippen LogP contribution in [0.4, 0.5) is 21.9 Å². The Morgan fingerprint density at radius 1 is 1.08 bits per heavy atom. The van der Waals surface area contributed by atoms with Gasteiger partial charge in [0.05, 0.1) is 11.4 Å². The number of rotatable bonds is 7. The summed E-state index contributed by atoms with van der Waals surface area (Å²) in [6.07, 6.45) is 5.60. The molecule has 4 N–H and O–H groups in total. The lowest BCUT2D eigenvalue weighted by Crippen LogP contribution is -2.19. The van der Waals surface area contributed by atoms with E-state index in [1.165, 1.54) is 0 Å². The lowest BCUT2D eigenvalue weighted by atomic mass is 10.2. The number of pyridine rings is 1. The van der Waals surface area contributed by atoms with Crippen molar-refractivity contribution in [1.82, 2.24) is 15.2 Å². The van der Waals surface area contributed by atoms with Crippen molar-refractivity contribution in [2.24, 2.45) is 0 Å². The molecule has 7 nitrogen and oxygen atoms in total. The number of aromatic nitrogens is 3. The van der Waals surface area contributed by atoms with Crippen molar-refractivity contribution in [1.29, 1.82) is 0 Å². The van der Waals surface area contributed by atoms with Gasteiger partial charge in [-0.2, -0.15) is 5.10 Å². The number of nitrogens with zero attached hydrogens (tertiary/aromatic N) is 2. The first-order chi connectivity index (χ1) is 12.8. The van der Waals surface area contributed by atoms with Crippen LogP contribution in [0.25, 0.3) is 11.4 Å². The van der Waals surface area contributed by atoms with Crippen molar-refractivity contribution >= 4 is 23.1 Å². The van der Waals surface area contributed by atoms with E-state index in [4.69, 9.17) is 0 Å². The number of aromatic amines is 1. The van der Waals surface area contributed by atoms with Crippen LogP contribution in [0.3, 0.4) is 0 Å². The number of amides is 2. The lowest BCUT2D eigenvalue weighted by Gasteiger charge is -2.09. The fourth-order valence-corrected chi connectivity index (χ4v) is 2.45. The minimum atomic E-state index is -0.338. The summed E-state index contributed by atoms with van der Waals surface area (Å²) in [4.78, 5) is 16.5. The predicted octanol–water partition coefficient (Wildman–Crippen LogP) is 4.33. The standard InChI is InChI=1S/C19H22N6O/c1-2-3-11-20-14-7-9-15(10-8-14)23-19(26)24-17-13-22-25-18(17)16-6-4-5-12-21-16/h4-10,12-13,20H,2-3,11H2,1H3,(H,22,25)(H2,23,24,26). The van der Waals surface area contributed by atoms with Gasteiger partial charge in [0.25, 0.3) is 0 Å². The zero-order chi connectivity index (χ0) is 18.2. The quantitative estimate of drug-likeness (QED) is 0.477. The Balaban J connectivity index is 1.59. The monoisotopic (exact) mass is 350 g/mol. The molecule has 0 aliphatic carbocycles. The van der Waals surface area contributed by atoms with Crippen LogP contribution in [-0.2, 0) is 0 Å². The van der Waals surface area contributed by atoms with Gasteiger partial charge in [-0.05, 0) is 42.8 Å². The zero-order valence-corrected chi connectivity index (χ0v) is 14.6. The number of urea groups is 1. The molecule has 0 atom stereocenters. The molecule has 134 valence electrons. The maximum atomic E-state index is 12.3. The number of benzene rings is 1. The number of unbranched alkanes of at least 4 members (excludes halogenated alkanes) is 1. The molecule has 2 amide bonds. The number of H-pyrrole nitrogens is 1. The maximum Gasteiger partial charge on any atom is 0.323 e. The minimum Gasteiger partial charge on any atom is -0.385 e. The first kappa shape index (κ1) is 17.5. The van der Waals surface area contributed by atoms with Crippen molar-refractivity contribution < 1.29 is 4.79 Å². The van der Waals surface area contributed by atoms with Crippen LogP contribution in [0.1, 0.15) is 19.8 Å². The van der Waals surface area contributed by atoms with Crippen molar-refractivity contribution in [2.75, 3.05) is 22.5 Å². The largest absolute Gasteiger partial charge is 0.385 e. The Labute approximate surface area is 152 Å². The van der Waals surface area contributed by atoms with Gasteiger partial charge < -0.3 is 16.0 Å². The molecule has 1 aromatic carbocycles. The summed E-state index contributed by atoms with van der Waals surface area (Å²) in [6, 6.07) is 12.8. The van der Waals surface area contributed by atoms with E-state index in [-0.39, 0.29) is 6.03 Å². The summed E-state index contributed by atoms with van der Waals surface area (Å²) in [5.74, 6) is 0. The molecular weight excluding hydrogens is 328 g/mol. The maximum absolute atomic E-state index is 12.3. The smallest absolute Gasteiger partial charge is 0.323 e. The second kappa shape index (κ2) is 8.66. The van der Waals surface area contributed by atoms with E-state index in [0.717, 1.165) is 25.1 Å². The number of hydrogen-bond acceptors (Lipinski definition) is 4. The van der Waals surface area contributed by atoms with Gasteiger partial charge in [0, 0.05) is 30.3 Å². The van der Waals surface area contributed by atoms with Crippen molar-refractivity contribution in [3.63, 3.8) is 0 Å². The highest BCUT2D eigenvalue weighted by Crippen LogP contribution is 2.23. The fourth-order valence-electron chi connectivity index (χ4n) is 2.45. The SMILES string of the molecule is CCCCNc1ccc(NC(=O)Nc2c[nH]nc2-c2ccccn2)cc1. The van der Waals surface area contributed by atoms with Crippen LogP contribution in [0.5, 0.6) is 0 Å². The molecule has 0 unspecified atom stereocenters. The highest BCUT2D eigenvalue weighted by Gasteiger charge is 2.12. The van der Waals surface area contributed by atoms with E-state index < -0.39 is 0 Å². The van der Waals surface area contributed by atoms with Crippen molar-refractivity contribution in [3.05, 3.63) is 54.9 Å². The first-order valence-electron chi connectivity index (χ1n) is 8.63. The Morgan fingerprint density at radius 2 is 1.88 bits per heavy atom. The van der Waals surface area contributed by atoms with Gasteiger partial charge in [0.1, 0.15) is 5.69 Å². The van der Waals surface area contributed by atoms with Crippen LogP contribution < -0.4 is 16.0 Å². The summed E-state index contributed by atoms with van der Waals surface area (Å²) < 4.78 is 0. The second-order valence-electron chi connectivity index (χ2n) is 5.80. The second-order valence-corrected chi connectivity index (χ2v) is 5.80. The number of carbonyl (C=O) groups is 1. The Bertz CT molecular complexity index is 829. The highest BCUT2D eigenvalue weighted by atomic mass is 16.2. The summed E-state index contributed by atoms with van der Waals surface area (Å²) in [5, 5.41) is 15.9. The van der Waals surface area contributed by atoms with Gasteiger partial charge in [0.2, 0.25) is 0 Å². The average Bonchev–Trinajstić information content (AvgIpc) is 3.12. The van der Waals surface area contributed by atoms with E-state index in [1.54, 1.807) is 12.4 Å². The Hall–Kier alpha value is -3.35. The summed E-state index contributed by atoms with van der Waals surface area (Å²) in [6.45, 7) is 3.10. The van der Waals surface area contributed by atoms with E-state index in [9.17, 15) is 4.79 Å². The fraction of sp³-hybridized carbons (Fsp3) is 0.211. The predicted molar refractivity (Wildman–Crippen MR) is 104 cm³/mol. The highest BCUT2D eigenvalue weighted by molar-refractivity contribution is 6.01. The van der Waals surface area contributed by atoms with E-state index in [0.29, 0.717) is 22.8 Å². The Kier molecular flexibility index (Phi) is 5.82. The number of carbonyl (C=O) groups excluding carboxylic acids is 1. The molecule has 7 heteroatoms. The van der Waals surface area contributed by atoms with Gasteiger partial charge in [-0.25, -0.2) is 4.79 Å². The first-order valence-corrected chi connectivity index (χ1v) is 8.63. The molecule has 0 fully saturated rings. The van der Waals surface area contributed by atoms with Crippen molar-refractivity contribution in [3.8, 4) is 11.4 Å². The molecule has 0 radical (unpaired) electrons. The van der Waals surface area contributed by atoms with Gasteiger partial charge in [-0.3, -0.25) is 10.1 Å². The molecule has 2 heterocycles. The lowest BCUT2D eigenvalue weighted by molar-refractivity contribution is 0.262. The molecule has 3 rings (SSSR count). The van der Waals surface area contributed by atoms with E-state index in [2.05, 4.69) is 38.1 Å². The van der Waals surface area contributed by atoms with Gasteiger partial charge >= 0.3 is 6.03 Å². The molecule has 26 heavy (non-hydrogen) atoms. The van der Waals surface area contributed by atoms with E-state index >= 15 is 0 Å². The summed E-state index contributed by atoms with van der Waals surface area (Å²) in [7, 11) is 0. The number of hydrogen-bond donors (Lipinski definition) is 4. The normalized spacial score (nSPS) is 10.3. The molecule has 0 bridgehead atoms. The van der Waals surface area contributed by atoms with Gasteiger partial charge in [-0.1, -0.05) is 19.4 Å². The van der Waals surface area contributed by atoms with Crippen LogP contribution in [0.15, 0.2) is 54.9 Å². The molecule has 0 aliphatic heterocycles. The third-order valence-electron chi connectivity index (χ3n) is 3.80. The van der Waals surface area contributed by atoms with Gasteiger partial charge in [0.15, 0.2) is 0 Å². The van der Waals surface area contributed by atoms with Crippen LogP contribution in [0, 0.1) is 0 Å².